The second-order valence-corrected chi connectivity index (χ2v) is 4.93. The highest BCUT2D eigenvalue weighted by atomic mass is 79.9. The summed E-state index contributed by atoms with van der Waals surface area (Å²) in [6.45, 7) is 4.55. The van der Waals surface area contributed by atoms with Crippen LogP contribution in [0.5, 0.6) is 5.75 Å². The molecule has 1 rings (SSSR count). The zero-order valence-corrected chi connectivity index (χ0v) is 11.9. The number of ether oxygens (including phenoxy) is 2. The molecule has 0 radical (unpaired) electrons. The van der Waals surface area contributed by atoms with Gasteiger partial charge in [0.1, 0.15) is 5.75 Å². The largest absolute Gasteiger partial charge is 0.493 e. The van der Waals surface area contributed by atoms with E-state index in [0.717, 1.165) is 15.8 Å². The fourth-order valence-electron chi connectivity index (χ4n) is 1.45. The van der Waals surface area contributed by atoms with Crippen LogP contribution in [0.25, 0.3) is 0 Å². The number of esters is 1. The molecule has 0 bridgehead atoms. The van der Waals surface area contributed by atoms with E-state index in [1.165, 1.54) is 7.11 Å². The summed E-state index contributed by atoms with van der Waals surface area (Å²) in [5, 5.41) is 0. The van der Waals surface area contributed by atoms with E-state index in [0.29, 0.717) is 12.5 Å². The molecule has 0 spiro atoms. The molecule has 0 aromatic heterocycles. The van der Waals surface area contributed by atoms with Gasteiger partial charge in [0.25, 0.3) is 0 Å². The third kappa shape index (κ3) is 4.38. The molecule has 1 aromatic rings. The molecule has 3 nitrogen and oxygen atoms in total. The summed E-state index contributed by atoms with van der Waals surface area (Å²) < 4.78 is 11.2. The first kappa shape index (κ1) is 14.0. The van der Waals surface area contributed by atoms with Gasteiger partial charge in [-0.05, 0) is 29.7 Å². The minimum Gasteiger partial charge on any atom is -0.493 e. The third-order valence-electron chi connectivity index (χ3n) is 2.39. The molecule has 0 aliphatic carbocycles. The summed E-state index contributed by atoms with van der Waals surface area (Å²) >= 11 is 3.44. The Labute approximate surface area is 110 Å². The van der Waals surface area contributed by atoms with Crippen molar-refractivity contribution < 1.29 is 14.3 Å². The van der Waals surface area contributed by atoms with E-state index < -0.39 is 0 Å². The Hall–Kier alpha value is -1.03. The molecule has 0 amide bonds. The molecule has 0 aliphatic rings. The van der Waals surface area contributed by atoms with Gasteiger partial charge in [0.2, 0.25) is 0 Å². The van der Waals surface area contributed by atoms with Crippen LogP contribution in [0.3, 0.4) is 0 Å². The monoisotopic (exact) mass is 300 g/mol. The number of hydrogen-bond donors (Lipinski definition) is 0. The lowest BCUT2D eigenvalue weighted by atomic mass is 10.0. The van der Waals surface area contributed by atoms with Gasteiger partial charge in [-0.1, -0.05) is 29.8 Å². The first-order valence-corrected chi connectivity index (χ1v) is 6.33. The van der Waals surface area contributed by atoms with Crippen LogP contribution in [-0.4, -0.2) is 19.7 Å². The number of carbonyl (C=O) groups excluding carboxylic acids is 1. The fourth-order valence-corrected chi connectivity index (χ4v) is 1.83. The minimum atomic E-state index is -0.256. The van der Waals surface area contributed by atoms with Gasteiger partial charge in [-0.15, -0.1) is 0 Å². The van der Waals surface area contributed by atoms with Crippen LogP contribution in [0.4, 0.5) is 0 Å². The van der Waals surface area contributed by atoms with Gasteiger partial charge in [0, 0.05) is 4.47 Å². The van der Waals surface area contributed by atoms with Gasteiger partial charge >= 0.3 is 5.97 Å². The molecule has 0 aliphatic heterocycles. The molecule has 94 valence electrons. The fraction of sp³-hybridized carbons (Fsp3) is 0.462. The van der Waals surface area contributed by atoms with Crippen LogP contribution in [0.15, 0.2) is 22.7 Å². The van der Waals surface area contributed by atoms with Crippen molar-refractivity contribution in [1.82, 2.24) is 0 Å². The second-order valence-electron chi connectivity index (χ2n) is 4.01. The molecule has 4 heteroatoms. The summed E-state index contributed by atoms with van der Waals surface area (Å²) in [7, 11) is 1.38. The maximum atomic E-state index is 11.0. The topological polar surface area (TPSA) is 35.5 Å². The van der Waals surface area contributed by atoms with E-state index in [1.54, 1.807) is 0 Å². The Bertz CT molecular complexity index is 388. The highest BCUT2D eigenvalue weighted by Crippen LogP contribution is 2.29. The van der Waals surface area contributed by atoms with E-state index in [-0.39, 0.29) is 12.4 Å². The average molecular weight is 301 g/mol. The summed E-state index contributed by atoms with van der Waals surface area (Å²) in [4.78, 5) is 11.0. The Morgan fingerprint density at radius 2 is 2.12 bits per heavy atom. The zero-order valence-electron chi connectivity index (χ0n) is 10.3. The third-order valence-corrected chi connectivity index (χ3v) is 2.88. The minimum absolute atomic E-state index is 0.256. The number of methoxy groups -OCH3 is 1. The van der Waals surface area contributed by atoms with Crippen molar-refractivity contribution >= 4 is 21.9 Å². The average Bonchev–Trinajstić information content (AvgIpc) is 2.30. The first-order valence-electron chi connectivity index (χ1n) is 5.53. The molecule has 0 atom stereocenters. The first-order chi connectivity index (χ1) is 8.04. The Balaban J connectivity index is 2.67. The normalized spacial score (nSPS) is 10.4. The lowest BCUT2D eigenvalue weighted by Crippen LogP contribution is -2.08. The van der Waals surface area contributed by atoms with Crippen molar-refractivity contribution in [2.24, 2.45) is 0 Å². The zero-order chi connectivity index (χ0) is 12.8. The molecule has 0 saturated carbocycles. The standard InChI is InChI=1S/C13H17BrO3/c1-9(2)11-8-10(14)4-5-12(11)17-7-6-13(15)16-3/h4-5,8-9H,6-7H2,1-3H3. The van der Waals surface area contributed by atoms with E-state index >= 15 is 0 Å². The summed E-state index contributed by atoms with van der Waals surface area (Å²) in [5.41, 5.74) is 1.13. The maximum Gasteiger partial charge on any atom is 0.308 e. The highest BCUT2D eigenvalue weighted by Gasteiger charge is 2.09. The van der Waals surface area contributed by atoms with Crippen molar-refractivity contribution in [2.75, 3.05) is 13.7 Å². The number of halogens is 1. The van der Waals surface area contributed by atoms with Gasteiger partial charge in [-0.2, -0.15) is 0 Å². The molecule has 1 aromatic carbocycles. The van der Waals surface area contributed by atoms with Crippen LogP contribution in [0.1, 0.15) is 31.7 Å². The summed E-state index contributed by atoms with van der Waals surface area (Å²) in [6.07, 6.45) is 0.268. The van der Waals surface area contributed by atoms with Gasteiger partial charge in [-0.25, -0.2) is 0 Å². The second kappa shape index (κ2) is 6.64. The SMILES string of the molecule is COC(=O)CCOc1ccc(Br)cc1C(C)C. The molecule has 0 unspecified atom stereocenters. The van der Waals surface area contributed by atoms with Crippen LogP contribution in [-0.2, 0) is 9.53 Å². The Morgan fingerprint density at radius 3 is 2.71 bits per heavy atom. The lowest BCUT2D eigenvalue weighted by Gasteiger charge is -2.14. The molecule has 17 heavy (non-hydrogen) atoms. The Kier molecular flexibility index (Phi) is 5.48. The molecule has 0 heterocycles. The Morgan fingerprint density at radius 1 is 1.41 bits per heavy atom. The van der Waals surface area contributed by atoms with Crippen LogP contribution in [0.2, 0.25) is 0 Å². The van der Waals surface area contributed by atoms with E-state index in [4.69, 9.17) is 4.74 Å². The highest BCUT2D eigenvalue weighted by molar-refractivity contribution is 9.10. The lowest BCUT2D eigenvalue weighted by molar-refractivity contribution is -0.141. The number of rotatable bonds is 5. The molecule has 0 N–H and O–H groups in total. The molecule has 0 fully saturated rings. The molecular formula is C13H17BrO3. The van der Waals surface area contributed by atoms with Gasteiger partial charge in [-0.3, -0.25) is 4.79 Å². The predicted molar refractivity (Wildman–Crippen MR) is 70.4 cm³/mol. The van der Waals surface area contributed by atoms with Crippen molar-refractivity contribution in [1.29, 1.82) is 0 Å². The van der Waals surface area contributed by atoms with Crippen molar-refractivity contribution in [3.05, 3.63) is 28.2 Å². The number of benzene rings is 1. The van der Waals surface area contributed by atoms with Crippen molar-refractivity contribution in [3.63, 3.8) is 0 Å². The molecule has 0 saturated heterocycles. The van der Waals surface area contributed by atoms with Crippen molar-refractivity contribution in [3.8, 4) is 5.75 Å². The van der Waals surface area contributed by atoms with Crippen LogP contribution < -0.4 is 4.74 Å². The maximum absolute atomic E-state index is 11.0. The van der Waals surface area contributed by atoms with Gasteiger partial charge in [0.05, 0.1) is 20.1 Å². The quantitative estimate of drug-likeness (QED) is 0.781. The summed E-state index contributed by atoms with van der Waals surface area (Å²) in [5.74, 6) is 0.945. The predicted octanol–water partition coefficient (Wildman–Crippen LogP) is 3.51. The van der Waals surface area contributed by atoms with E-state index in [9.17, 15) is 4.79 Å². The van der Waals surface area contributed by atoms with E-state index in [1.807, 2.05) is 18.2 Å². The number of hydrogen-bond acceptors (Lipinski definition) is 3. The van der Waals surface area contributed by atoms with Crippen LogP contribution in [0, 0.1) is 0 Å². The molecular weight excluding hydrogens is 284 g/mol. The smallest absolute Gasteiger partial charge is 0.308 e. The van der Waals surface area contributed by atoms with Gasteiger partial charge < -0.3 is 9.47 Å². The van der Waals surface area contributed by atoms with Gasteiger partial charge in [0.15, 0.2) is 0 Å². The van der Waals surface area contributed by atoms with Crippen LogP contribution >= 0.6 is 15.9 Å². The van der Waals surface area contributed by atoms with Crippen molar-refractivity contribution in [2.45, 2.75) is 26.2 Å². The van der Waals surface area contributed by atoms with E-state index in [2.05, 4.69) is 34.5 Å². The number of carbonyl (C=O) groups is 1. The summed E-state index contributed by atoms with van der Waals surface area (Å²) in [6, 6.07) is 5.88.